The molecule has 0 spiro atoms. The maximum Gasteiger partial charge on any atom is 0.0231 e. The molecule has 1 saturated carbocycles. The van der Waals surface area contributed by atoms with E-state index < -0.39 is 0 Å². The molecule has 1 heteroatoms. The van der Waals surface area contributed by atoms with Crippen LogP contribution >= 0.6 is 0 Å². The molecule has 0 saturated heterocycles. The minimum absolute atomic E-state index is 0.302. The Bertz CT molecular complexity index is 277. The van der Waals surface area contributed by atoms with Crippen LogP contribution in [0, 0.1) is 17.3 Å². The molecule has 1 fully saturated rings. The highest BCUT2D eigenvalue weighted by atomic mass is 14.6. The fraction of sp³-hybridized carbons (Fsp3) is 0.867. The molecule has 0 aromatic heterocycles. The Morgan fingerprint density at radius 1 is 1.31 bits per heavy atom. The van der Waals surface area contributed by atoms with Crippen molar-refractivity contribution in [3.63, 3.8) is 0 Å². The Labute approximate surface area is 100 Å². The van der Waals surface area contributed by atoms with Gasteiger partial charge in [0.15, 0.2) is 0 Å². The molecule has 0 aromatic carbocycles. The summed E-state index contributed by atoms with van der Waals surface area (Å²) in [4.78, 5) is 0. The van der Waals surface area contributed by atoms with Gasteiger partial charge in [-0.25, -0.2) is 0 Å². The Balaban J connectivity index is 2.08. The minimum atomic E-state index is 0.302. The molecule has 0 aliphatic heterocycles. The van der Waals surface area contributed by atoms with Crippen molar-refractivity contribution in [2.75, 3.05) is 0 Å². The zero-order valence-electron chi connectivity index (χ0n) is 11.1. The van der Waals surface area contributed by atoms with E-state index in [0.717, 1.165) is 18.3 Å². The molecule has 16 heavy (non-hydrogen) atoms. The van der Waals surface area contributed by atoms with Gasteiger partial charge in [-0.2, -0.15) is 0 Å². The quantitative estimate of drug-likeness (QED) is 0.668. The van der Waals surface area contributed by atoms with E-state index in [9.17, 15) is 0 Å². The first-order valence-corrected chi connectivity index (χ1v) is 6.92. The summed E-state index contributed by atoms with van der Waals surface area (Å²) in [6.45, 7) is 7.14. The van der Waals surface area contributed by atoms with E-state index in [1.54, 1.807) is 5.57 Å². The second-order valence-corrected chi connectivity index (χ2v) is 6.92. The van der Waals surface area contributed by atoms with Crippen molar-refractivity contribution in [3.05, 3.63) is 11.6 Å². The van der Waals surface area contributed by atoms with Crippen molar-refractivity contribution in [3.8, 4) is 0 Å². The van der Waals surface area contributed by atoms with Gasteiger partial charge in [-0.15, -0.1) is 0 Å². The zero-order valence-corrected chi connectivity index (χ0v) is 11.1. The lowest BCUT2D eigenvalue weighted by Crippen LogP contribution is -2.33. The van der Waals surface area contributed by atoms with E-state index in [1.807, 2.05) is 0 Å². The second kappa shape index (κ2) is 4.52. The third-order valence-corrected chi connectivity index (χ3v) is 4.36. The van der Waals surface area contributed by atoms with Gasteiger partial charge in [0.2, 0.25) is 0 Å². The molecule has 3 atom stereocenters. The summed E-state index contributed by atoms with van der Waals surface area (Å²) < 4.78 is 0. The molecule has 0 radical (unpaired) electrons. The van der Waals surface area contributed by atoms with E-state index in [0.29, 0.717) is 11.5 Å². The molecule has 0 heterocycles. The molecule has 3 unspecified atom stereocenters. The summed E-state index contributed by atoms with van der Waals surface area (Å²) in [6, 6.07) is 0.302. The average Bonchev–Trinajstić information content (AvgIpc) is 2.14. The van der Waals surface area contributed by atoms with Crippen LogP contribution in [0.5, 0.6) is 0 Å². The Morgan fingerprint density at radius 3 is 2.69 bits per heavy atom. The number of rotatable bonds is 1. The van der Waals surface area contributed by atoms with Crippen LogP contribution in [-0.4, -0.2) is 6.04 Å². The lowest BCUT2D eigenvalue weighted by Gasteiger charge is -2.38. The van der Waals surface area contributed by atoms with Crippen molar-refractivity contribution in [2.24, 2.45) is 23.0 Å². The smallest absolute Gasteiger partial charge is 0.0231 e. The first-order valence-electron chi connectivity index (χ1n) is 6.92. The van der Waals surface area contributed by atoms with Gasteiger partial charge in [-0.3, -0.25) is 0 Å². The van der Waals surface area contributed by atoms with Crippen LogP contribution in [0.15, 0.2) is 11.6 Å². The fourth-order valence-electron chi connectivity index (χ4n) is 3.71. The van der Waals surface area contributed by atoms with Gasteiger partial charge >= 0.3 is 0 Å². The molecule has 0 aromatic rings. The molecular formula is C15H27N. The van der Waals surface area contributed by atoms with Crippen LogP contribution < -0.4 is 5.73 Å². The van der Waals surface area contributed by atoms with Crippen molar-refractivity contribution in [2.45, 2.75) is 65.3 Å². The predicted octanol–water partition coefficient (Wildman–Crippen LogP) is 3.89. The molecular weight excluding hydrogens is 194 g/mol. The normalized spacial score (nSPS) is 39.2. The Kier molecular flexibility index (Phi) is 3.44. The first kappa shape index (κ1) is 12.2. The highest BCUT2D eigenvalue weighted by molar-refractivity contribution is 5.17. The highest BCUT2D eigenvalue weighted by Gasteiger charge is 2.31. The van der Waals surface area contributed by atoms with Crippen molar-refractivity contribution >= 4 is 0 Å². The summed E-state index contributed by atoms with van der Waals surface area (Å²) in [5, 5.41) is 0. The Morgan fingerprint density at radius 2 is 2.06 bits per heavy atom. The predicted molar refractivity (Wildman–Crippen MR) is 70.2 cm³/mol. The van der Waals surface area contributed by atoms with Crippen LogP contribution in [0.1, 0.15) is 59.3 Å². The van der Waals surface area contributed by atoms with Gasteiger partial charge in [0, 0.05) is 6.04 Å². The van der Waals surface area contributed by atoms with Crippen molar-refractivity contribution < 1.29 is 0 Å². The summed E-state index contributed by atoms with van der Waals surface area (Å²) in [7, 11) is 0. The Hall–Kier alpha value is -0.300. The van der Waals surface area contributed by atoms with E-state index in [4.69, 9.17) is 5.73 Å². The zero-order chi connectivity index (χ0) is 11.8. The summed E-state index contributed by atoms with van der Waals surface area (Å²) in [5.41, 5.74) is 8.26. The van der Waals surface area contributed by atoms with Gasteiger partial charge < -0.3 is 5.73 Å². The van der Waals surface area contributed by atoms with E-state index in [2.05, 4.69) is 26.8 Å². The van der Waals surface area contributed by atoms with Crippen LogP contribution in [-0.2, 0) is 0 Å². The molecule has 2 aliphatic carbocycles. The van der Waals surface area contributed by atoms with E-state index in [-0.39, 0.29) is 0 Å². The van der Waals surface area contributed by atoms with Gasteiger partial charge in [0.25, 0.3) is 0 Å². The van der Waals surface area contributed by atoms with Gasteiger partial charge in [-0.05, 0) is 42.9 Å². The topological polar surface area (TPSA) is 26.0 Å². The van der Waals surface area contributed by atoms with Crippen molar-refractivity contribution in [1.82, 2.24) is 0 Å². The number of hydrogen-bond acceptors (Lipinski definition) is 1. The molecule has 1 nitrogen and oxygen atoms in total. The lowest BCUT2D eigenvalue weighted by molar-refractivity contribution is 0.252. The molecule has 2 rings (SSSR count). The maximum atomic E-state index is 6.17. The third kappa shape index (κ3) is 2.88. The SMILES string of the molecule is CC1CCCC(C2=CC(N)CC(C)(C)C2)C1. The van der Waals surface area contributed by atoms with E-state index in [1.165, 1.54) is 32.1 Å². The second-order valence-electron chi connectivity index (χ2n) is 6.92. The highest BCUT2D eigenvalue weighted by Crippen LogP contribution is 2.42. The van der Waals surface area contributed by atoms with Crippen LogP contribution in [0.4, 0.5) is 0 Å². The molecule has 0 amide bonds. The third-order valence-electron chi connectivity index (χ3n) is 4.36. The molecule has 92 valence electrons. The lowest BCUT2D eigenvalue weighted by atomic mass is 9.68. The average molecular weight is 221 g/mol. The van der Waals surface area contributed by atoms with Crippen molar-refractivity contribution in [1.29, 1.82) is 0 Å². The van der Waals surface area contributed by atoms with Crippen LogP contribution in [0.2, 0.25) is 0 Å². The molecule has 2 N–H and O–H groups in total. The summed E-state index contributed by atoms with van der Waals surface area (Å²) >= 11 is 0. The number of hydrogen-bond donors (Lipinski definition) is 1. The van der Waals surface area contributed by atoms with Gasteiger partial charge in [0.05, 0.1) is 0 Å². The number of allylic oxidation sites excluding steroid dienone is 1. The first-order chi connectivity index (χ1) is 7.46. The van der Waals surface area contributed by atoms with Gasteiger partial charge in [-0.1, -0.05) is 45.3 Å². The standard InChI is InChI=1S/C15H27N/c1-11-5-4-6-12(7-11)13-8-14(16)10-15(2,3)9-13/h8,11-12,14H,4-7,9-10,16H2,1-3H3. The monoisotopic (exact) mass is 221 g/mol. The maximum absolute atomic E-state index is 6.17. The minimum Gasteiger partial charge on any atom is -0.324 e. The summed E-state index contributed by atoms with van der Waals surface area (Å²) in [6.07, 6.45) is 10.5. The van der Waals surface area contributed by atoms with E-state index >= 15 is 0 Å². The number of nitrogens with two attached hydrogens (primary N) is 1. The van der Waals surface area contributed by atoms with Crippen LogP contribution in [0.3, 0.4) is 0 Å². The van der Waals surface area contributed by atoms with Gasteiger partial charge in [0.1, 0.15) is 0 Å². The molecule has 2 aliphatic rings. The summed E-state index contributed by atoms with van der Waals surface area (Å²) in [5.74, 6) is 1.76. The van der Waals surface area contributed by atoms with Crippen LogP contribution in [0.25, 0.3) is 0 Å². The largest absolute Gasteiger partial charge is 0.324 e. The molecule has 0 bridgehead atoms. The fourth-order valence-corrected chi connectivity index (χ4v) is 3.71.